The largest absolute Gasteiger partial charge is 0.309 e. The first-order chi connectivity index (χ1) is 18.2. The quantitative estimate of drug-likeness (QED) is 0.258. The van der Waals surface area contributed by atoms with E-state index in [2.05, 4.69) is 88.6 Å². The number of hydrogen-bond acceptors (Lipinski definition) is 0. The van der Waals surface area contributed by atoms with Gasteiger partial charge in [-0.1, -0.05) is 120 Å². The zero-order valence-corrected chi connectivity index (χ0v) is 20.9. The van der Waals surface area contributed by atoms with Crippen LogP contribution in [0.25, 0.3) is 27.5 Å². The second-order valence-corrected chi connectivity index (χ2v) is 11.1. The van der Waals surface area contributed by atoms with Gasteiger partial charge in [0.1, 0.15) is 0 Å². The van der Waals surface area contributed by atoms with E-state index >= 15 is 0 Å². The van der Waals surface area contributed by atoms with Crippen LogP contribution >= 0.6 is 0 Å². The molecule has 172 valence electrons. The van der Waals surface area contributed by atoms with Crippen LogP contribution in [0.2, 0.25) is 0 Å². The number of rotatable bonds is 3. The van der Waals surface area contributed by atoms with Crippen LogP contribution in [-0.2, 0) is 17.3 Å². The van der Waals surface area contributed by atoms with Crippen LogP contribution in [0.5, 0.6) is 0 Å². The van der Waals surface area contributed by atoms with Gasteiger partial charge in [0.15, 0.2) is 0 Å². The van der Waals surface area contributed by atoms with Crippen LogP contribution < -0.4 is 0 Å². The van der Waals surface area contributed by atoms with Gasteiger partial charge in [-0.3, -0.25) is 0 Å². The zero-order valence-electron chi connectivity index (χ0n) is 25.9. The number of para-hydroxylation sites is 2. The first kappa shape index (κ1) is 17.2. The fourth-order valence-corrected chi connectivity index (χ4v) is 5.18. The molecule has 1 heteroatoms. The summed E-state index contributed by atoms with van der Waals surface area (Å²) in [7, 11) is 0. The summed E-state index contributed by atoms with van der Waals surface area (Å²) in [6.45, 7) is 13.5. The number of benzene rings is 4. The highest BCUT2D eigenvalue weighted by atomic mass is 15.0. The molecule has 0 aliphatic carbocycles. The van der Waals surface area contributed by atoms with E-state index in [-0.39, 0.29) is 47.5 Å². The molecule has 0 amide bonds. The molecule has 4 aromatic carbocycles. The van der Waals surface area contributed by atoms with E-state index < -0.39 is 0 Å². The third kappa shape index (κ3) is 3.84. The van der Waals surface area contributed by atoms with Crippen molar-refractivity contribution in [3.8, 4) is 5.69 Å². The topological polar surface area (TPSA) is 4.93 Å². The van der Waals surface area contributed by atoms with Crippen LogP contribution in [0.3, 0.4) is 0 Å². The van der Waals surface area contributed by atoms with Crippen molar-refractivity contribution in [3.63, 3.8) is 0 Å². The monoisotopic (exact) mass is 450 g/mol. The van der Waals surface area contributed by atoms with Crippen LogP contribution in [0.15, 0.2) is 90.9 Å². The van der Waals surface area contributed by atoms with Gasteiger partial charge in [0.05, 0.1) is 23.6 Å². The van der Waals surface area contributed by atoms with Crippen molar-refractivity contribution in [2.75, 3.05) is 0 Å². The van der Waals surface area contributed by atoms with E-state index in [1.807, 2.05) is 18.2 Å². The molecule has 0 spiro atoms. The number of hydrogen-bond donors (Lipinski definition) is 0. The highest BCUT2D eigenvalue weighted by molar-refractivity contribution is 6.10. The van der Waals surface area contributed by atoms with Crippen LogP contribution in [0.4, 0.5) is 0 Å². The molecule has 0 unspecified atom stereocenters. The Balaban J connectivity index is 1.91. The zero-order chi connectivity index (χ0) is 28.4. The van der Waals surface area contributed by atoms with Gasteiger partial charge < -0.3 is 4.57 Å². The average molecular weight is 451 g/mol. The molecule has 0 saturated carbocycles. The molecule has 0 aliphatic heterocycles. The Kier molecular flexibility index (Phi) is 4.12. The molecule has 0 radical (unpaired) electrons. The molecule has 0 fully saturated rings. The van der Waals surface area contributed by atoms with Crippen molar-refractivity contribution in [1.82, 2.24) is 4.57 Å². The standard InChI is InChI=1S/C33H35N/c1-32(2,3)27-19-13-21-29(30(27)33(4,5)6)34-28-20-11-10-17-25(28)26-18-12-16-24(31(26)34)22-23-14-8-7-9-15-23/h7-21H,22H2,1-6H3/i7D,8D,9D,14D,15D. The maximum absolute atomic E-state index is 8.55. The Morgan fingerprint density at radius 1 is 0.706 bits per heavy atom. The van der Waals surface area contributed by atoms with E-state index in [1.165, 1.54) is 11.1 Å². The predicted octanol–water partition coefficient (Wildman–Crippen LogP) is 8.97. The summed E-state index contributed by atoms with van der Waals surface area (Å²) in [5.41, 5.74) is 6.79. The fourth-order valence-electron chi connectivity index (χ4n) is 5.18. The summed E-state index contributed by atoms with van der Waals surface area (Å²) >= 11 is 0. The Morgan fingerprint density at radius 2 is 1.38 bits per heavy atom. The Hall–Kier alpha value is -3.32. The van der Waals surface area contributed by atoms with Gasteiger partial charge in [-0.05, 0) is 51.6 Å². The summed E-state index contributed by atoms with van der Waals surface area (Å²) in [6.07, 6.45) is 0.229. The average Bonchev–Trinajstić information content (AvgIpc) is 3.22. The minimum atomic E-state index is -0.366. The number of fused-ring (bicyclic) bond motifs is 3. The predicted molar refractivity (Wildman–Crippen MR) is 147 cm³/mol. The third-order valence-corrected chi connectivity index (χ3v) is 6.54. The lowest BCUT2D eigenvalue weighted by Gasteiger charge is -2.33. The molecule has 0 N–H and O–H groups in total. The minimum absolute atomic E-state index is 0.0620. The first-order valence-electron chi connectivity index (χ1n) is 14.4. The van der Waals surface area contributed by atoms with Crippen molar-refractivity contribution >= 4 is 21.8 Å². The van der Waals surface area contributed by atoms with Crippen molar-refractivity contribution in [2.45, 2.75) is 58.8 Å². The van der Waals surface area contributed by atoms with E-state index in [0.717, 1.165) is 33.1 Å². The van der Waals surface area contributed by atoms with Gasteiger partial charge in [-0.25, -0.2) is 0 Å². The summed E-state index contributed by atoms with van der Waals surface area (Å²) in [5.74, 6) is 0. The summed E-state index contributed by atoms with van der Waals surface area (Å²) in [4.78, 5) is 0. The van der Waals surface area contributed by atoms with E-state index in [4.69, 9.17) is 6.85 Å². The second kappa shape index (κ2) is 8.17. The summed E-state index contributed by atoms with van der Waals surface area (Å²) in [6, 6.07) is 19.8. The molecule has 1 aromatic heterocycles. The SMILES string of the molecule is [2H]c1c([2H])c([2H])c(Cc2cccc3c4ccccc4n(-c4cccc(C(C)(C)C)c4C(C)(C)C)c23)c([2H])c1[2H]. The van der Waals surface area contributed by atoms with Gasteiger partial charge in [0.25, 0.3) is 0 Å². The molecule has 0 aliphatic rings. The van der Waals surface area contributed by atoms with Crippen LogP contribution in [0, 0.1) is 0 Å². The minimum Gasteiger partial charge on any atom is -0.309 e. The number of aromatic nitrogens is 1. The van der Waals surface area contributed by atoms with Crippen LogP contribution in [0.1, 0.15) is 70.7 Å². The van der Waals surface area contributed by atoms with E-state index in [9.17, 15) is 0 Å². The molecular weight excluding hydrogens is 410 g/mol. The van der Waals surface area contributed by atoms with E-state index in [1.54, 1.807) is 0 Å². The normalized spacial score (nSPS) is 14.6. The molecular formula is C33H35N. The lowest BCUT2D eigenvalue weighted by atomic mass is 9.74. The molecule has 0 atom stereocenters. The smallest absolute Gasteiger partial charge is 0.0626 e. The Labute approximate surface area is 211 Å². The first-order valence-corrected chi connectivity index (χ1v) is 11.9. The van der Waals surface area contributed by atoms with Crippen molar-refractivity contribution in [2.24, 2.45) is 0 Å². The second-order valence-electron chi connectivity index (χ2n) is 11.1. The van der Waals surface area contributed by atoms with Gasteiger partial charge in [-0.2, -0.15) is 0 Å². The maximum atomic E-state index is 8.55. The van der Waals surface area contributed by atoms with Crippen molar-refractivity contribution in [1.29, 1.82) is 0 Å². The highest BCUT2D eigenvalue weighted by Crippen LogP contribution is 2.42. The molecule has 5 aromatic rings. The van der Waals surface area contributed by atoms with Crippen molar-refractivity contribution in [3.05, 3.63) is 113 Å². The molecule has 1 nitrogen and oxygen atoms in total. The molecule has 0 bridgehead atoms. The van der Waals surface area contributed by atoms with Gasteiger partial charge in [-0.15, -0.1) is 0 Å². The maximum Gasteiger partial charge on any atom is 0.0626 e. The Morgan fingerprint density at radius 3 is 2.09 bits per heavy atom. The summed E-state index contributed by atoms with van der Waals surface area (Å²) < 4.78 is 43.8. The number of nitrogens with zero attached hydrogens (tertiary/aromatic N) is 1. The fraction of sp³-hybridized carbons (Fsp3) is 0.273. The van der Waals surface area contributed by atoms with Crippen LogP contribution in [-0.4, -0.2) is 4.57 Å². The summed E-state index contributed by atoms with van der Waals surface area (Å²) in [5, 5.41) is 2.20. The van der Waals surface area contributed by atoms with E-state index in [0.29, 0.717) is 5.56 Å². The van der Waals surface area contributed by atoms with Crippen molar-refractivity contribution < 1.29 is 6.85 Å². The highest BCUT2D eigenvalue weighted by Gasteiger charge is 2.29. The van der Waals surface area contributed by atoms with Gasteiger partial charge in [0, 0.05) is 10.8 Å². The van der Waals surface area contributed by atoms with Gasteiger partial charge in [0.2, 0.25) is 0 Å². The lowest BCUT2D eigenvalue weighted by molar-refractivity contribution is 0.528. The molecule has 1 heterocycles. The lowest BCUT2D eigenvalue weighted by Crippen LogP contribution is -2.24. The van der Waals surface area contributed by atoms with Gasteiger partial charge >= 0.3 is 0 Å². The molecule has 5 rings (SSSR count). The Bertz CT molecular complexity index is 1720. The molecule has 34 heavy (non-hydrogen) atoms. The third-order valence-electron chi connectivity index (χ3n) is 6.54. The molecule has 0 saturated heterocycles.